The molecule has 0 spiro atoms. The summed E-state index contributed by atoms with van der Waals surface area (Å²) in [5.74, 6) is -0.521. The molecule has 1 aromatic carbocycles. The van der Waals surface area contributed by atoms with Gasteiger partial charge in [0.15, 0.2) is 0 Å². The summed E-state index contributed by atoms with van der Waals surface area (Å²) in [5.41, 5.74) is 8.77. The quantitative estimate of drug-likeness (QED) is 0.737. The second kappa shape index (κ2) is 5.14. The Morgan fingerprint density at radius 3 is 2.76 bits per heavy atom. The molecule has 4 nitrogen and oxygen atoms in total. The van der Waals surface area contributed by atoms with Crippen LogP contribution in [0.15, 0.2) is 42.6 Å². The second-order valence-corrected chi connectivity index (χ2v) is 5.13. The first-order chi connectivity index (χ1) is 10.1. The van der Waals surface area contributed by atoms with Crippen molar-refractivity contribution < 1.29 is 4.79 Å². The summed E-state index contributed by atoms with van der Waals surface area (Å²) in [6.45, 7) is 1.80. The van der Waals surface area contributed by atoms with Crippen LogP contribution in [0.4, 0.5) is 0 Å². The van der Waals surface area contributed by atoms with Crippen molar-refractivity contribution in [2.75, 3.05) is 0 Å². The Labute approximate surface area is 126 Å². The molecule has 0 saturated carbocycles. The zero-order chi connectivity index (χ0) is 15.0. The average molecular weight is 298 g/mol. The Morgan fingerprint density at radius 2 is 2.00 bits per heavy atom. The van der Waals surface area contributed by atoms with E-state index in [1.54, 1.807) is 13.1 Å². The Bertz CT molecular complexity index is 861. The van der Waals surface area contributed by atoms with Gasteiger partial charge < -0.3 is 5.73 Å². The SMILES string of the molecule is Cc1c(C(N)=O)cc(Cl)nc1-c1cnc2ccccc2c1. The predicted molar refractivity (Wildman–Crippen MR) is 83.2 cm³/mol. The van der Waals surface area contributed by atoms with Gasteiger partial charge in [0.1, 0.15) is 5.15 Å². The zero-order valence-corrected chi connectivity index (χ0v) is 12.1. The summed E-state index contributed by atoms with van der Waals surface area (Å²) < 4.78 is 0. The van der Waals surface area contributed by atoms with Gasteiger partial charge >= 0.3 is 0 Å². The highest BCUT2D eigenvalue weighted by atomic mass is 35.5. The van der Waals surface area contributed by atoms with Gasteiger partial charge in [-0.3, -0.25) is 9.78 Å². The molecule has 0 radical (unpaired) electrons. The molecule has 0 aliphatic heterocycles. The minimum absolute atomic E-state index is 0.234. The summed E-state index contributed by atoms with van der Waals surface area (Å²) in [7, 11) is 0. The lowest BCUT2D eigenvalue weighted by molar-refractivity contribution is 0.0999. The highest BCUT2D eigenvalue weighted by Crippen LogP contribution is 2.27. The van der Waals surface area contributed by atoms with Gasteiger partial charge in [-0.1, -0.05) is 29.8 Å². The van der Waals surface area contributed by atoms with E-state index in [0.29, 0.717) is 16.8 Å². The molecule has 3 aromatic rings. The maximum absolute atomic E-state index is 11.5. The summed E-state index contributed by atoms with van der Waals surface area (Å²) in [5, 5.41) is 1.23. The lowest BCUT2D eigenvalue weighted by Crippen LogP contribution is -2.13. The number of benzene rings is 1. The van der Waals surface area contributed by atoms with Gasteiger partial charge in [-0.05, 0) is 30.7 Å². The molecule has 0 saturated heterocycles. The van der Waals surface area contributed by atoms with Crippen molar-refractivity contribution in [2.45, 2.75) is 6.92 Å². The molecule has 0 fully saturated rings. The second-order valence-electron chi connectivity index (χ2n) is 4.75. The molecule has 3 rings (SSSR count). The number of fused-ring (bicyclic) bond motifs is 1. The summed E-state index contributed by atoms with van der Waals surface area (Å²) in [6.07, 6.45) is 1.72. The topological polar surface area (TPSA) is 68.9 Å². The van der Waals surface area contributed by atoms with E-state index in [1.807, 2.05) is 30.3 Å². The monoisotopic (exact) mass is 297 g/mol. The maximum Gasteiger partial charge on any atom is 0.249 e. The summed E-state index contributed by atoms with van der Waals surface area (Å²) in [6, 6.07) is 11.2. The summed E-state index contributed by atoms with van der Waals surface area (Å²) >= 11 is 5.99. The van der Waals surface area contributed by atoms with Crippen molar-refractivity contribution in [3.05, 3.63) is 58.9 Å². The number of primary amides is 1. The fourth-order valence-electron chi connectivity index (χ4n) is 2.32. The van der Waals surface area contributed by atoms with Crippen LogP contribution in [0, 0.1) is 6.92 Å². The lowest BCUT2D eigenvalue weighted by atomic mass is 10.0. The van der Waals surface area contributed by atoms with E-state index in [4.69, 9.17) is 17.3 Å². The molecular formula is C16H12ClN3O. The number of para-hydroxylation sites is 1. The number of aromatic nitrogens is 2. The van der Waals surface area contributed by atoms with E-state index in [1.165, 1.54) is 6.07 Å². The Kier molecular flexibility index (Phi) is 3.31. The minimum atomic E-state index is -0.521. The number of carbonyl (C=O) groups is 1. The van der Waals surface area contributed by atoms with Crippen LogP contribution in [-0.4, -0.2) is 15.9 Å². The first-order valence-electron chi connectivity index (χ1n) is 6.38. The average Bonchev–Trinajstić information content (AvgIpc) is 2.48. The van der Waals surface area contributed by atoms with Gasteiger partial charge in [0.25, 0.3) is 0 Å². The van der Waals surface area contributed by atoms with Gasteiger partial charge in [0, 0.05) is 22.7 Å². The number of rotatable bonds is 2. The van der Waals surface area contributed by atoms with Crippen molar-refractivity contribution in [1.29, 1.82) is 0 Å². The predicted octanol–water partition coefficient (Wildman–Crippen LogP) is 3.36. The fourth-order valence-corrected chi connectivity index (χ4v) is 2.51. The van der Waals surface area contributed by atoms with Gasteiger partial charge in [-0.2, -0.15) is 0 Å². The van der Waals surface area contributed by atoms with Crippen molar-refractivity contribution in [2.24, 2.45) is 5.73 Å². The molecule has 2 heterocycles. The number of nitrogens with two attached hydrogens (primary N) is 1. The third-order valence-electron chi connectivity index (χ3n) is 3.37. The van der Waals surface area contributed by atoms with E-state index in [9.17, 15) is 4.79 Å². The standard InChI is InChI=1S/C16H12ClN3O/c1-9-12(16(18)21)7-14(17)20-15(9)11-6-10-4-2-3-5-13(10)19-8-11/h2-8H,1H3,(H2,18,21). The fraction of sp³-hybridized carbons (Fsp3) is 0.0625. The third-order valence-corrected chi connectivity index (χ3v) is 3.56. The molecule has 5 heteroatoms. The molecular weight excluding hydrogens is 286 g/mol. The highest BCUT2D eigenvalue weighted by Gasteiger charge is 2.14. The number of nitrogens with zero attached hydrogens (tertiary/aromatic N) is 2. The lowest BCUT2D eigenvalue weighted by Gasteiger charge is -2.10. The Morgan fingerprint density at radius 1 is 1.24 bits per heavy atom. The molecule has 0 atom stereocenters. The number of amides is 1. The first-order valence-corrected chi connectivity index (χ1v) is 6.76. The van der Waals surface area contributed by atoms with Crippen LogP contribution < -0.4 is 5.73 Å². The smallest absolute Gasteiger partial charge is 0.249 e. The number of pyridine rings is 2. The van der Waals surface area contributed by atoms with Gasteiger partial charge in [0.05, 0.1) is 11.2 Å². The van der Waals surface area contributed by atoms with Crippen molar-refractivity contribution in [3.63, 3.8) is 0 Å². The molecule has 0 aliphatic carbocycles. The van der Waals surface area contributed by atoms with E-state index >= 15 is 0 Å². The van der Waals surface area contributed by atoms with Crippen LogP contribution >= 0.6 is 11.6 Å². The van der Waals surface area contributed by atoms with Gasteiger partial charge in [0.2, 0.25) is 5.91 Å². The molecule has 0 aliphatic rings. The van der Waals surface area contributed by atoms with Crippen LogP contribution in [0.2, 0.25) is 5.15 Å². The molecule has 2 aromatic heterocycles. The normalized spacial score (nSPS) is 10.8. The molecule has 21 heavy (non-hydrogen) atoms. The van der Waals surface area contributed by atoms with Crippen LogP contribution in [-0.2, 0) is 0 Å². The van der Waals surface area contributed by atoms with Crippen molar-refractivity contribution >= 4 is 28.4 Å². The van der Waals surface area contributed by atoms with E-state index < -0.39 is 5.91 Å². The van der Waals surface area contributed by atoms with E-state index in [2.05, 4.69) is 9.97 Å². The summed E-state index contributed by atoms with van der Waals surface area (Å²) in [4.78, 5) is 20.2. The number of carbonyl (C=O) groups excluding carboxylic acids is 1. The third kappa shape index (κ3) is 2.45. The van der Waals surface area contributed by atoms with Gasteiger partial charge in [-0.25, -0.2) is 4.98 Å². The molecule has 0 unspecified atom stereocenters. The van der Waals surface area contributed by atoms with Gasteiger partial charge in [-0.15, -0.1) is 0 Å². The van der Waals surface area contributed by atoms with Crippen LogP contribution in [0.25, 0.3) is 22.2 Å². The number of halogens is 1. The van der Waals surface area contributed by atoms with E-state index in [0.717, 1.165) is 16.5 Å². The highest BCUT2D eigenvalue weighted by molar-refractivity contribution is 6.30. The number of hydrogen-bond donors (Lipinski definition) is 1. The molecule has 104 valence electrons. The van der Waals surface area contributed by atoms with E-state index in [-0.39, 0.29) is 5.15 Å². The largest absolute Gasteiger partial charge is 0.366 e. The Balaban J connectivity index is 2.24. The van der Waals surface area contributed by atoms with Crippen molar-refractivity contribution in [3.8, 4) is 11.3 Å². The van der Waals surface area contributed by atoms with Crippen LogP contribution in [0.1, 0.15) is 15.9 Å². The maximum atomic E-state index is 11.5. The van der Waals surface area contributed by atoms with Crippen LogP contribution in [0.5, 0.6) is 0 Å². The zero-order valence-electron chi connectivity index (χ0n) is 11.3. The molecule has 0 bridgehead atoms. The minimum Gasteiger partial charge on any atom is -0.366 e. The van der Waals surface area contributed by atoms with Crippen molar-refractivity contribution in [1.82, 2.24) is 9.97 Å². The van der Waals surface area contributed by atoms with Crippen LogP contribution in [0.3, 0.4) is 0 Å². The number of hydrogen-bond acceptors (Lipinski definition) is 3. The first kappa shape index (κ1) is 13.5. The molecule has 1 amide bonds. The molecule has 2 N–H and O–H groups in total. The Hall–Kier alpha value is -2.46.